The molecule has 0 bridgehead atoms. The van der Waals surface area contributed by atoms with Crippen molar-refractivity contribution in [3.8, 4) is 11.5 Å². The molecular weight excluding hydrogens is 428 g/mol. The molecule has 2 saturated heterocycles. The van der Waals surface area contributed by atoms with E-state index in [9.17, 15) is 14.4 Å². The number of nitrogens with zero attached hydrogens (tertiary/aromatic N) is 2. The van der Waals surface area contributed by atoms with Crippen molar-refractivity contribution in [2.24, 2.45) is 5.92 Å². The SMILES string of the molecule is CC(C(=O)N1CCC(C(=O)O)CC1)N1C(=O)C(=Cc2ccc3c(c2)OCO3)SC1=S. The molecule has 0 aromatic heterocycles. The molecule has 2 fully saturated rings. The Morgan fingerprint density at radius 3 is 2.67 bits per heavy atom. The van der Waals surface area contributed by atoms with E-state index in [1.54, 1.807) is 30.0 Å². The lowest BCUT2D eigenvalue weighted by atomic mass is 9.96. The third kappa shape index (κ3) is 3.89. The summed E-state index contributed by atoms with van der Waals surface area (Å²) < 4.78 is 11.0. The molecule has 0 saturated carbocycles. The number of rotatable bonds is 4. The molecule has 1 N–H and O–H groups in total. The second-order valence-corrected chi connectivity index (χ2v) is 8.95. The largest absolute Gasteiger partial charge is 0.481 e. The van der Waals surface area contributed by atoms with Crippen molar-refractivity contribution in [2.75, 3.05) is 19.9 Å². The number of carboxylic acid groups (broad SMARTS) is 1. The zero-order valence-electron chi connectivity index (χ0n) is 16.2. The molecule has 30 heavy (non-hydrogen) atoms. The molecule has 3 heterocycles. The molecule has 0 radical (unpaired) electrons. The molecule has 2 amide bonds. The highest BCUT2D eigenvalue weighted by Gasteiger charge is 2.40. The van der Waals surface area contributed by atoms with Crippen molar-refractivity contribution >= 4 is 52.2 Å². The summed E-state index contributed by atoms with van der Waals surface area (Å²) in [5.41, 5.74) is 0.773. The van der Waals surface area contributed by atoms with Gasteiger partial charge in [-0.05, 0) is 43.5 Å². The first kappa shape index (κ1) is 20.7. The van der Waals surface area contributed by atoms with Gasteiger partial charge in [0.15, 0.2) is 11.5 Å². The van der Waals surface area contributed by atoms with Gasteiger partial charge in [-0.2, -0.15) is 0 Å². The van der Waals surface area contributed by atoms with Gasteiger partial charge < -0.3 is 19.5 Å². The molecule has 158 valence electrons. The zero-order chi connectivity index (χ0) is 21.4. The minimum absolute atomic E-state index is 0.171. The molecule has 1 aromatic carbocycles. The van der Waals surface area contributed by atoms with Crippen LogP contribution in [-0.2, 0) is 14.4 Å². The molecule has 1 atom stereocenters. The van der Waals surface area contributed by atoms with Gasteiger partial charge in [-0.15, -0.1) is 0 Å². The fraction of sp³-hybridized carbons (Fsp3) is 0.400. The molecular formula is C20H20N2O6S2. The monoisotopic (exact) mass is 448 g/mol. The first-order chi connectivity index (χ1) is 14.3. The fourth-order valence-electron chi connectivity index (χ4n) is 3.69. The number of thioether (sulfide) groups is 1. The van der Waals surface area contributed by atoms with Crippen LogP contribution in [0.15, 0.2) is 23.1 Å². The second kappa shape index (κ2) is 8.27. The molecule has 4 rings (SSSR count). The quantitative estimate of drug-likeness (QED) is 0.554. The van der Waals surface area contributed by atoms with Gasteiger partial charge in [-0.1, -0.05) is 30.0 Å². The summed E-state index contributed by atoms with van der Waals surface area (Å²) >= 11 is 6.53. The van der Waals surface area contributed by atoms with E-state index in [0.29, 0.717) is 46.7 Å². The summed E-state index contributed by atoms with van der Waals surface area (Å²) in [7, 11) is 0. The maximum Gasteiger partial charge on any atom is 0.306 e. The van der Waals surface area contributed by atoms with Crippen LogP contribution in [0.25, 0.3) is 6.08 Å². The molecule has 1 unspecified atom stereocenters. The Hall–Kier alpha value is -2.59. The summed E-state index contributed by atoms with van der Waals surface area (Å²) in [5, 5.41) is 9.12. The minimum Gasteiger partial charge on any atom is -0.481 e. The van der Waals surface area contributed by atoms with Crippen molar-refractivity contribution in [1.29, 1.82) is 0 Å². The number of carbonyl (C=O) groups is 3. The van der Waals surface area contributed by atoms with Crippen LogP contribution < -0.4 is 9.47 Å². The Labute approximate surface area is 182 Å². The van der Waals surface area contributed by atoms with E-state index in [1.807, 2.05) is 6.07 Å². The number of ether oxygens (including phenoxy) is 2. The normalized spacial score (nSPS) is 21.4. The van der Waals surface area contributed by atoms with E-state index in [1.165, 1.54) is 4.90 Å². The first-order valence-electron chi connectivity index (χ1n) is 9.53. The number of hydrogen-bond donors (Lipinski definition) is 1. The third-order valence-electron chi connectivity index (χ3n) is 5.42. The number of fused-ring (bicyclic) bond motifs is 1. The van der Waals surface area contributed by atoms with Gasteiger partial charge in [0.2, 0.25) is 12.7 Å². The standard InChI is InChI=1S/C20H20N2O6S2/c1-11(17(23)21-6-4-13(5-7-21)19(25)26)22-18(24)16(30-20(22)29)9-12-2-3-14-15(8-12)28-10-27-14/h2-3,8-9,11,13H,4-7,10H2,1H3,(H,25,26). The average molecular weight is 449 g/mol. The fourth-order valence-corrected chi connectivity index (χ4v) is 5.11. The van der Waals surface area contributed by atoms with Crippen molar-refractivity contribution in [3.05, 3.63) is 28.7 Å². The first-order valence-corrected chi connectivity index (χ1v) is 10.8. The van der Waals surface area contributed by atoms with Crippen molar-refractivity contribution < 1.29 is 29.0 Å². The van der Waals surface area contributed by atoms with Crippen LogP contribution in [0, 0.1) is 5.92 Å². The van der Waals surface area contributed by atoms with Crippen LogP contribution in [0.4, 0.5) is 0 Å². The smallest absolute Gasteiger partial charge is 0.306 e. The molecule has 8 nitrogen and oxygen atoms in total. The summed E-state index contributed by atoms with van der Waals surface area (Å²) in [6, 6.07) is 4.64. The summed E-state index contributed by atoms with van der Waals surface area (Å²) in [6.07, 6.45) is 2.54. The lowest BCUT2D eigenvalue weighted by Gasteiger charge is -2.34. The Kier molecular flexibility index (Phi) is 5.70. The number of likely N-dealkylation sites (tertiary alicyclic amines) is 1. The topological polar surface area (TPSA) is 96.4 Å². The van der Waals surface area contributed by atoms with Gasteiger partial charge in [0.1, 0.15) is 10.4 Å². The lowest BCUT2D eigenvalue weighted by molar-refractivity contribution is -0.147. The summed E-state index contributed by atoms with van der Waals surface area (Å²) in [5.74, 6) is -0.520. The molecule has 3 aliphatic heterocycles. The van der Waals surface area contributed by atoms with E-state index in [2.05, 4.69) is 0 Å². The highest BCUT2D eigenvalue weighted by atomic mass is 32.2. The van der Waals surface area contributed by atoms with Crippen LogP contribution in [0.5, 0.6) is 11.5 Å². The van der Waals surface area contributed by atoms with Crippen LogP contribution >= 0.6 is 24.0 Å². The van der Waals surface area contributed by atoms with Gasteiger partial charge in [-0.25, -0.2) is 0 Å². The Morgan fingerprint density at radius 2 is 1.97 bits per heavy atom. The van der Waals surface area contributed by atoms with Crippen LogP contribution in [0.2, 0.25) is 0 Å². The van der Waals surface area contributed by atoms with Gasteiger partial charge in [0, 0.05) is 13.1 Å². The van der Waals surface area contributed by atoms with E-state index >= 15 is 0 Å². The maximum atomic E-state index is 13.0. The molecule has 3 aliphatic rings. The van der Waals surface area contributed by atoms with Gasteiger partial charge >= 0.3 is 5.97 Å². The lowest BCUT2D eigenvalue weighted by Crippen LogP contribution is -2.51. The highest BCUT2D eigenvalue weighted by Crippen LogP contribution is 2.37. The average Bonchev–Trinajstić information content (AvgIpc) is 3.30. The van der Waals surface area contributed by atoms with Gasteiger partial charge in [-0.3, -0.25) is 19.3 Å². The molecule has 1 aromatic rings. The number of carboxylic acids is 1. The zero-order valence-corrected chi connectivity index (χ0v) is 17.8. The number of thiocarbonyl (C=S) groups is 1. The number of aliphatic carboxylic acids is 1. The van der Waals surface area contributed by atoms with Crippen LogP contribution in [-0.4, -0.2) is 62.9 Å². The third-order valence-corrected chi connectivity index (χ3v) is 6.75. The Balaban J connectivity index is 1.46. The van der Waals surface area contributed by atoms with E-state index in [0.717, 1.165) is 17.3 Å². The predicted octanol–water partition coefficient (Wildman–Crippen LogP) is 2.33. The number of hydrogen-bond acceptors (Lipinski definition) is 7. The Morgan fingerprint density at radius 1 is 1.27 bits per heavy atom. The number of carbonyl (C=O) groups excluding carboxylic acids is 2. The summed E-state index contributed by atoms with van der Waals surface area (Å²) in [6.45, 7) is 2.55. The number of benzene rings is 1. The number of amides is 2. The molecule has 0 spiro atoms. The van der Waals surface area contributed by atoms with Crippen molar-refractivity contribution in [2.45, 2.75) is 25.8 Å². The molecule has 10 heteroatoms. The second-order valence-electron chi connectivity index (χ2n) is 7.28. The summed E-state index contributed by atoms with van der Waals surface area (Å²) in [4.78, 5) is 40.4. The predicted molar refractivity (Wildman–Crippen MR) is 114 cm³/mol. The van der Waals surface area contributed by atoms with E-state index < -0.39 is 17.9 Å². The highest BCUT2D eigenvalue weighted by molar-refractivity contribution is 8.26. The van der Waals surface area contributed by atoms with E-state index in [-0.39, 0.29) is 18.6 Å². The number of piperidine rings is 1. The van der Waals surface area contributed by atoms with Crippen molar-refractivity contribution in [1.82, 2.24) is 9.80 Å². The van der Waals surface area contributed by atoms with Crippen molar-refractivity contribution in [3.63, 3.8) is 0 Å². The molecule has 0 aliphatic carbocycles. The maximum absolute atomic E-state index is 13.0. The minimum atomic E-state index is -0.833. The van der Waals surface area contributed by atoms with Crippen LogP contribution in [0.1, 0.15) is 25.3 Å². The van der Waals surface area contributed by atoms with Crippen LogP contribution in [0.3, 0.4) is 0 Å². The van der Waals surface area contributed by atoms with E-state index in [4.69, 9.17) is 26.8 Å². The van der Waals surface area contributed by atoms with Gasteiger partial charge in [0.05, 0.1) is 10.8 Å². The van der Waals surface area contributed by atoms with Gasteiger partial charge in [0.25, 0.3) is 5.91 Å². The Bertz CT molecular complexity index is 955.